The molecule has 0 aromatic heterocycles. The van der Waals surface area contributed by atoms with E-state index in [0.29, 0.717) is 17.7 Å². The Kier molecular flexibility index (Phi) is 4.33. The number of carbonyl (C=O) groups excluding carboxylic acids is 1. The normalized spacial score (nSPS) is 27.1. The van der Waals surface area contributed by atoms with Crippen molar-refractivity contribution in [3.63, 3.8) is 0 Å². The van der Waals surface area contributed by atoms with E-state index < -0.39 is 0 Å². The van der Waals surface area contributed by atoms with Crippen molar-refractivity contribution in [1.29, 1.82) is 0 Å². The fourth-order valence-electron chi connectivity index (χ4n) is 3.08. The number of likely N-dealkylation sites (tertiary alicyclic amines) is 1. The standard InChI is InChI=1S/C14H25N3OS/c1-11-9-14(2,3)15-13(19)17(11)10-12(18)16-7-5-4-6-8-16/h11H,4-10H2,1-3H3,(H,15,19). The SMILES string of the molecule is CC1CC(C)(C)NC(=S)N1CC(=O)N1CCCCC1. The number of rotatable bonds is 2. The number of nitrogens with one attached hydrogen (secondary N) is 1. The summed E-state index contributed by atoms with van der Waals surface area (Å²) in [6, 6.07) is 0.317. The molecule has 0 spiro atoms. The molecule has 2 aliphatic heterocycles. The average Bonchev–Trinajstić information content (AvgIpc) is 2.33. The third-order valence-electron chi connectivity index (χ3n) is 4.06. The Balaban J connectivity index is 1.94. The lowest BCUT2D eigenvalue weighted by Gasteiger charge is -2.45. The maximum Gasteiger partial charge on any atom is 0.242 e. The first-order chi connectivity index (χ1) is 8.89. The number of nitrogens with zero attached hydrogens (tertiary/aromatic N) is 2. The van der Waals surface area contributed by atoms with Gasteiger partial charge in [0, 0.05) is 24.7 Å². The van der Waals surface area contributed by atoms with Crippen LogP contribution in [0.1, 0.15) is 46.5 Å². The minimum absolute atomic E-state index is 0.0289. The molecule has 2 rings (SSSR count). The molecular formula is C14H25N3OS. The molecule has 0 aromatic rings. The number of thiocarbonyl (C=S) groups is 1. The molecule has 1 atom stereocenters. The van der Waals surface area contributed by atoms with Crippen LogP contribution in [0.5, 0.6) is 0 Å². The fraction of sp³-hybridized carbons (Fsp3) is 0.857. The van der Waals surface area contributed by atoms with Crippen molar-refractivity contribution in [2.45, 2.75) is 58.0 Å². The molecule has 2 saturated heterocycles. The summed E-state index contributed by atoms with van der Waals surface area (Å²) in [5.74, 6) is 0.218. The molecule has 2 fully saturated rings. The van der Waals surface area contributed by atoms with Crippen LogP contribution in [0, 0.1) is 0 Å². The number of carbonyl (C=O) groups is 1. The first-order valence-electron chi connectivity index (χ1n) is 7.26. The molecular weight excluding hydrogens is 258 g/mol. The Bertz CT molecular complexity index is 364. The zero-order chi connectivity index (χ0) is 14.0. The van der Waals surface area contributed by atoms with E-state index in [9.17, 15) is 4.79 Å². The van der Waals surface area contributed by atoms with Crippen LogP contribution in [0.4, 0.5) is 0 Å². The average molecular weight is 283 g/mol. The summed E-state index contributed by atoms with van der Waals surface area (Å²) in [6.07, 6.45) is 4.52. The highest BCUT2D eigenvalue weighted by Crippen LogP contribution is 2.22. The lowest BCUT2D eigenvalue weighted by atomic mass is 9.93. The Hall–Kier alpha value is -0.840. The molecule has 2 heterocycles. The topological polar surface area (TPSA) is 35.6 Å². The second-order valence-electron chi connectivity index (χ2n) is 6.44. The molecule has 1 amide bonds. The van der Waals surface area contributed by atoms with Crippen molar-refractivity contribution in [1.82, 2.24) is 15.1 Å². The molecule has 4 nitrogen and oxygen atoms in total. The molecule has 1 unspecified atom stereocenters. The second kappa shape index (κ2) is 5.65. The Morgan fingerprint density at radius 3 is 2.58 bits per heavy atom. The monoisotopic (exact) mass is 283 g/mol. The lowest BCUT2D eigenvalue weighted by Crippen LogP contribution is -2.62. The minimum atomic E-state index is 0.0289. The van der Waals surface area contributed by atoms with Crippen LogP contribution in [0.15, 0.2) is 0 Å². The highest BCUT2D eigenvalue weighted by molar-refractivity contribution is 7.80. The van der Waals surface area contributed by atoms with E-state index in [-0.39, 0.29) is 11.4 Å². The predicted molar refractivity (Wildman–Crippen MR) is 81.0 cm³/mol. The van der Waals surface area contributed by atoms with Crippen molar-refractivity contribution in [3.05, 3.63) is 0 Å². The molecule has 0 radical (unpaired) electrons. The van der Waals surface area contributed by atoms with Gasteiger partial charge in [-0.25, -0.2) is 0 Å². The van der Waals surface area contributed by atoms with E-state index in [1.165, 1.54) is 6.42 Å². The van der Waals surface area contributed by atoms with Gasteiger partial charge in [0.1, 0.15) is 0 Å². The summed E-state index contributed by atoms with van der Waals surface area (Å²) < 4.78 is 0. The van der Waals surface area contributed by atoms with E-state index in [4.69, 9.17) is 12.2 Å². The highest BCUT2D eigenvalue weighted by Gasteiger charge is 2.34. The van der Waals surface area contributed by atoms with Crippen LogP contribution < -0.4 is 5.32 Å². The zero-order valence-electron chi connectivity index (χ0n) is 12.2. The molecule has 1 N–H and O–H groups in total. The Morgan fingerprint density at radius 2 is 2.00 bits per heavy atom. The molecule has 2 aliphatic rings. The van der Waals surface area contributed by atoms with Gasteiger partial charge in [-0.1, -0.05) is 0 Å². The van der Waals surface area contributed by atoms with E-state index >= 15 is 0 Å². The van der Waals surface area contributed by atoms with Gasteiger partial charge in [0.25, 0.3) is 0 Å². The molecule has 19 heavy (non-hydrogen) atoms. The smallest absolute Gasteiger partial charge is 0.242 e. The predicted octanol–water partition coefficient (Wildman–Crippen LogP) is 1.75. The number of hydrogen-bond acceptors (Lipinski definition) is 2. The summed E-state index contributed by atoms with van der Waals surface area (Å²) >= 11 is 5.42. The van der Waals surface area contributed by atoms with Crippen LogP contribution in [-0.4, -0.2) is 52.0 Å². The minimum Gasteiger partial charge on any atom is -0.358 e. The van der Waals surface area contributed by atoms with Gasteiger partial charge in [0.05, 0.1) is 6.54 Å². The summed E-state index contributed by atoms with van der Waals surface area (Å²) in [6.45, 7) is 8.69. The van der Waals surface area contributed by atoms with E-state index in [2.05, 4.69) is 26.1 Å². The number of hydrogen-bond donors (Lipinski definition) is 1. The van der Waals surface area contributed by atoms with Crippen LogP contribution in [0.2, 0.25) is 0 Å². The summed E-state index contributed by atoms with van der Waals surface area (Å²) in [5, 5.41) is 4.05. The molecule has 0 aliphatic carbocycles. The summed E-state index contributed by atoms with van der Waals surface area (Å²) in [5.41, 5.74) is 0.0289. The first kappa shape index (κ1) is 14.6. The third-order valence-corrected chi connectivity index (χ3v) is 4.39. The summed E-state index contributed by atoms with van der Waals surface area (Å²) in [7, 11) is 0. The van der Waals surface area contributed by atoms with Crippen LogP contribution in [-0.2, 0) is 4.79 Å². The van der Waals surface area contributed by atoms with Gasteiger partial charge in [-0.05, 0) is 58.7 Å². The van der Waals surface area contributed by atoms with Gasteiger partial charge in [-0.15, -0.1) is 0 Å². The van der Waals surface area contributed by atoms with Crippen molar-refractivity contribution >= 4 is 23.2 Å². The van der Waals surface area contributed by atoms with Gasteiger partial charge in [0.15, 0.2) is 5.11 Å². The first-order valence-corrected chi connectivity index (χ1v) is 7.66. The zero-order valence-corrected chi connectivity index (χ0v) is 13.1. The third kappa shape index (κ3) is 3.59. The van der Waals surface area contributed by atoms with E-state index in [0.717, 1.165) is 32.4 Å². The molecule has 0 saturated carbocycles. The van der Waals surface area contributed by atoms with Crippen LogP contribution in [0.25, 0.3) is 0 Å². The Labute approximate surface area is 121 Å². The van der Waals surface area contributed by atoms with Crippen LogP contribution >= 0.6 is 12.2 Å². The second-order valence-corrected chi connectivity index (χ2v) is 6.82. The molecule has 0 aromatic carbocycles. The number of amides is 1. The number of piperidine rings is 1. The van der Waals surface area contributed by atoms with Gasteiger partial charge >= 0.3 is 0 Å². The van der Waals surface area contributed by atoms with Crippen molar-refractivity contribution in [3.8, 4) is 0 Å². The molecule has 108 valence electrons. The van der Waals surface area contributed by atoms with Gasteiger partial charge in [0.2, 0.25) is 5.91 Å². The molecule has 5 heteroatoms. The van der Waals surface area contributed by atoms with Crippen molar-refractivity contribution in [2.24, 2.45) is 0 Å². The van der Waals surface area contributed by atoms with Crippen LogP contribution in [0.3, 0.4) is 0 Å². The van der Waals surface area contributed by atoms with Gasteiger partial charge in [-0.2, -0.15) is 0 Å². The largest absolute Gasteiger partial charge is 0.358 e. The quantitative estimate of drug-likeness (QED) is 0.783. The maximum absolute atomic E-state index is 12.3. The van der Waals surface area contributed by atoms with Gasteiger partial charge in [-0.3, -0.25) is 4.79 Å². The van der Waals surface area contributed by atoms with E-state index in [1.54, 1.807) is 0 Å². The Morgan fingerprint density at radius 1 is 1.37 bits per heavy atom. The lowest BCUT2D eigenvalue weighted by molar-refractivity contribution is -0.133. The fourth-order valence-corrected chi connectivity index (χ4v) is 3.60. The van der Waals surface area contributed by atoms with Crippen molar-refractivity contribution in [2.75, 3.05) is 19.6 Å². The van der Waals surface area contributed by atoms with E-state index in [1.807, 2.05) is 9.80 Å². The summed E-state index contributed by atoms with van der Waals surface area (Å²) in [4.78, 5) is 16.3. The molecule has 0 bridgehead atoms. The van der Waals surface area contributed by atoms with Gasteiger partial charge < -0.3 is 15.1 Å². The maximum atomic E-state index is 12.3. The highest BCUT2D eigenvalue weighted by atomic mass is 32.1. The van der Waals surface area contributed by atoms with Crippen molar-refractivity contribution < 1.29 is 4.79 Å².